The number of hydrogen-bond acceptors (Lipinski definition) is 9. The number of carbonyl (C=O) groups excluding carboxylic acids is 2. The van der Waals surface area contributed by atoms with Crippen LogP contribution < -0.4 is 5.32 Å². The smallest absolute Gasteiger partial charge is 0.310 e. The van der Waals surface area contributed by atoms with Crippen molar-refractivity contribution in [2.45, 2.75) is 25.4 Å². The van der Waals surface area contributed by atoms with E-state index in [-0.39, 0.29) is 6.42 Å². The molecule has 0 saturated carbocycles. The van der Waals surface area contributed by atoms with Crippen molar-refractivity contribution in [1.29, 1.82) is 5.26 Å². The van der Waals surface area contributed by atoms with Gasteiger partial charge in [-0.05, 0) is 31.5 Å². The van der Waals surface area contributed by atoms with E-state index in [9.17, 15) is 9.59 Å². The molecule has 9 nitrogen and oxygen atoms in total. The van der Waals surface area contributed by atoms with Gasteiger partial charge in [-0.2, -0.15) is 10.2 Å². The number of esters is 1. The third-order valence-corrected chi connectivity index (χ3v) is 5.30. The molecule has 3 heterocycles. The third kappa shape index (κ3) is 4.13. The van der Waals surface area contributed by atoms with Crippen LogP contribution in [0.25, 0.3) is 5.78 Å². The molecule has 0 aromatic carbocycles. The van der Waals surface area contributed by atoms with Gasteiger partial charge in [0.15, 0.2) is 6.61 Å². The fraction of sp³-hybridized carbons (Fsp3) is 0.294. The molecule has 0 aliphatic carbocycles. The standard InChI is InChI=1S/C17H16N6O3S2/c1-9-12(10(2)23-16(19-9)21-17(22-23)27-3)6-14(25)26-8-13(24)20-15-11(7-18)4-5-28-15/h4-5H,6,8H2,1-3H3,(H,20,24). The number of rotatable bonds is 6. The first kappa shape index (κ1) is 19.8. The molecule has 0 bridgehead atoms. The summed E-state index contributed by atoms with van der Waals surface area (Å²) in [5.41, 5.74) is 2.45. The summed E-state index contributed by atoms with van der Waals surface area (Å²) in [5.74, 6) is -0.588. The minimum atomic E-state index is -0.556. The molecule has 0 fully saturated rings. The molecule has 0 saturated heterocycles. The number of hydrogen-bond donors (Lipinski definition) is 1. The van der Waals surface area contributed by atoms with Gasteiger partial charge in [0.2, 0.25) is 5.16 Å². The molecule has 0 aliphatic heterocycles. The summed E-state index contributed by atoms with van der Waals surface area (Å²) in [6, 6.07) is 3.58. The number of anilines is 1. The van der Waals surface area contributed by atoms with Crippen LogP contribution in [0.15, 0.2) is 16.6 Å². The minimum Gasteiger partial charge on any atom is -0.455 e. The average molecular weight is 416 g/mol. The number of amides is 1. The Hall–Kier alpha value is -2.97. The van der Waals surface area contributed by atoms with Gasteiger partial charge in [-0.1, -0.05) is 11.8 Å². The lowest BCUT2D eigenvalue weighted by Crippen LogP contribution is -2.22. The Morgan fingerprint density at radius 2 is 2.18 bits per heavy atom. The van der Waals surface area contributed by atoms with E-state index in [4.69, 9.17) is 10.00 Å². The average Bonchev–Trinajstić information content (AvgIpc) is 3.29. The topological polar surface area (TPSA) is 122 Å². The highest BCUT2D eigenvalue weighted by Crippen LogP contribution is 2.22. The number of nitrogens with zero attached hydrogens (tertiary/aromatic N) is 5. The molecule has 11 heteroatoms. The van der Waals surface area contributed by atoms with Crippen molar-refractivity contribution in [3.8, 4) is 6.07 Å². The molecular weight excluding hydrogens is 400 g/mol. The van der Waals surface area contributed by atoms with Crippen LogP contribution in [0, 0.1) is 25.2 Å². The van der Waals surface area contributed by atoms with E-state index in [1.807, 2.05) is 19.2 Å². The maximum atomic E-state index is 12.2. The van der Waals surface area contributed by atoms with Crippen molar-refractivity contribution < 1.29 is 14.3 Å². The van der Waals surface area contributed by atoms with Crippen molar-refractivity contribution >= 4 is 45.8 Å². The highest BCUT2D eigenvalue weighted by atomic mass is 32.2. The first-order valence-corrected chi connectivity index (χ1v) is 10.2. The second-order valence-electron chi connectivity index (χ2n) is 5.73. The van der Waals surface area contributed by atoms with Gasteiger partial charge < -0.3 is 10.1 Å². The van der Waals surface area contributed by atoms with E-state index in [1.54, 1.807) is 22.9 Å². The lowest BCUT2D eigenvalue weighted by Gasteiger charge is -2.10. The number of aryl methyl sites for hydroxylation is 2. The Morgan fingerprint density at radius 3 is 2.89 bits per heavy atom. The van der Waals surface area contributed by atoms with Crippen molar-refractivity contribution in [1.82, 2.24) is 19.6 Å². The van der Waals surface area contributed by atoms with Crippen LogP contribution in [0.3, 0.4) is 0 Å². The predicted molar refractivity (Wildman–Crippen MR) is 104 cm³/mol. The molecule has 3 aromatic heterocycles. The van der Waals surface area contributed by atoms with Crippen molar-refractivity contribution in [2.24, 2.45) is 0 Å². The number of carbonyl (C=O) groups is 2. The first-order chi connectivity index (χ1) is 13.4. The molecule has 28 heavy (non-hydrogen) atoms. The van der Waals surface area contributed by atoms with Gasteiger partial charge in [0, 0.05) is 17.0 Å². The number of nitriles is 1. The Balaban J connectivity index is 1.65. The van der Waals surface area contributed by atoms with Crippen LogP contribution in [0.4, 0.5) is 5.00 Å². The predicted octanol–water partition coefficient (Wildman–Crippen LogP) is 2.12. The number of ether oxygens (including phenoxy) is 1. The quantitative estimate of drug-likeness (QED) is 0.479. The molecule has 0 radical (unpaired) electrons. The molecule has 0 spiro atoms. The van der Waals surface area contributed by atoms with Crippen LogP contribution >= 0.6 is 23.1 Å². The highest BCUT2D eigenvalue weighted by Gasteiger charge is 2.17. The molecule has 0 unspecified atom stereocenters. The summed E-state index contributed by atoms with van der Waals surface area (Å²) < 4.78 is 6.66. The summed E-state index contributed by atoms with van der Waals surface area (Å²) in [6.07, 6.45) is 1.83. The van der Waals surface area contributed by atoms with E-state index in [1.165, 1.54) is 23.1 Å². The molecule has 0 aliphatic rings. The second-order valence-corrected chi connectivity index (χ2v) is 7.42. The van der Waals surface area contributed by atoms with E-state index in [0.29, 0.717) is 32.8 Å². The normalized spacial score (nSPS) is 10.6. The minimum absolute atomic E-state index is 0.0369. The SMILES string of the molecule is CSc1nc2nc(C)c(CC(=O)OCC(=O)Nc3sccc3C#N)c(C)n2n1. The fourth-order valence-electron chi connectivity index (χ4n) is 2.53. The Labute approximate surface area is 168 Å². The van der Waals surface area contributed by atoms with Crippen molar-refractivity contribution in [2.75, 3.05) is 18.2 Å². The summed E-state index contributed by atoms with van der Waals surface area (Å²) in [6.45, 7) is 3.18. The monoisotopic (exact) mass is 416 g/mol. The first-order valence-electron chi connectivity index (χ1n) is 8.12. The lowest BCUT2D eigenvalue weighted by atomic mass is 10.1. The van der Waals surface area contributed by atoms with Crippen LogP contribution in [0.2, 0.25) is 0 Å². The third-order valence-electron chi connectivity index (χ3n) is 3.94. The van der Waals surface area contributed by atoms with Crippen molar-refractivity contribution in [3.63, 3.8) is 0 Å². The second kappa shape index (κ2) is 8.37. The van der Waals surface area contributed by atoms with Crippen molar-refractivity contribution in [3.05, 3.63) is 34.0 Å². The number of thioether (sulfide) groups is 1. The molecule has 3 aromatic rings. The fourth-order valence-corrected chi connectivity index (χ4v) is 3.62. The summed E-state index contributed by atoms with van der Waals surface area (Å²) in [4.78, 5) is 32.8. The molecule has 144 valence electrons. The molecular formula is C17H16N6O3S2. The highest BCUT2D eigenvalue weighted by molar-refractivity contribution is 7.98. The number of thiophene rings is 1. The lowest BCUT2D eigenvalue weighted by molar-refractivity contribution is -0.146. The maximum absolute atomic E-state index is 12.2. The summed E-state index contributed by atoms with van der Waals surface area (Å²) in [5, 5.41) is 18.6. The number of nitrogens with one attached hydrogen (secondary N) is 1. The molecule has 1 N–H and O–H groups in total. The Bertz CT molecular complexity index is 1100. The zero-order valence-corrected chi connectivity index (χ0v) is 17.0. The maximum Gasteiger partial charge on any atom is 0.310 e. The zero-order chi connectivity index (χ0) is 20.3. The van der Waals surface area contributed by atoms with E-state index < -0.39 is 18.5 Å². The van der Waals surface area contributed by atoms with Gasteiger partial charge in [0.1, 0.15) is 11.1 Å². The van der Waals surface area contributed by atoms with Crippen LogP contribution in [-0.2, 0) is 20.7 Å². The van der Waals surface area contributed by atoms with Gasteiger partial charge in [-0.3, -0.25) is 9.59 Å². The van der Waals surface area contributed by atoms with Gasteiger partial charge >= 0.3 is 5.97 Å². The van der Waals surface area contributed by atoms with E-state index >= 15 is 0 Å². The van der Waals surface area contributed by atoms with Crippen LogP contribution in [0.5, 0.6) is 0 Å². The van der Waals surface area contributed by atoms with Crippen LogP contribution in [-0.4, -0.2) is 44.3 Å². The summed E-state index contributed by atoms with van der Waals surface area (Å²) in [7, 11) is 0. The van der Waals surface area contributed by atoms with E-state index in [2.05, 4.69) is 20.4 Å². The Kier molecular flexibility index (Phi) is 5.91. The summed E-state index contributed by atoms with van der Waals surface area (Å²) >= 11 is 2.63. The molecule has 1 amide bonds. The van der Waals surface area contributed by atoms with Gasteiger partial charge in [-0.15, -0.1) is 16.4 Å². The number of fused-ring (bicyclic) bond motifs is 1. The van der Waals surface area contributed by atoms with Gasteiger partial charge in [0.05, 0.1) is 12.0 Å². The number of aromatic nitrogens is 4. The van der Waals surface area contributed by atoms with Gasteiger partial charge in [0.25, 0.3) is 11.7 Å². The Morgan fingerprint density at radius 1 is 1.39 bits per heavy atom. The largest absolute Gasteiger partial charge is 0.455 e. The van der Waals surface area contributed by atoms with Gasteiger partial charge in [-0.25, -0.2) is 9.50 Å². The molecule has 0 atom stereocenters. The van der Waals surface area contributed by atoms with E-state index in [0.717, 1.165) is 5.69 Å². The zero-order valence-electron chi connectivity index (χ0n) is 15.3. The molecule has 3 rings (SSSR count). The van der Waals surface area contributed by atoms with Crippen LogP contribution in [0.1, 0.15) is 22.5 Å².